The van der Waals surface area contributed by atoms with Crippen LogP contribution in [0.1, 0.15) is 376 Å². The van der Waals surface area contributed by atoms with Gasteiger partial charge in [0, 0.05) is 25.7 Å². The Morgan fingerprint density at radius 3 is 0.755 bits per heavy atom. The fourth-order valence-electron chi connectivity index (χ4n) is 11.3. The van der Waals surface area contributed by atoms with E-state index in [0.29, 0.717) is 31.6 Å². The van der Waals surface area contributed by atoms with E-state index in [1.54, 1.807) is 0 Å². The maximum absolute atomic E-state index is 13.1. The molecular weight excluding hydrogens is 1230 g/mol. The summed E-state index contributed by atoms with van der Waals surface area (Å²) in [6, 6.07) is 0. The molecule has 0 aromatic heterocycles. The van der Waals surface area contributed by atoms with Crippen LogP contribution < -0.4 is 0 Å². The molecule has 0 saturated carbocycles. The molecule has 558 valence electrons. The van der Waals surface area contributed by atoms with Gasteiger partial charge in [-0.05, 0) is 49.4 Å². The van der Waals surface area contributed by atoms with Crippen molar-refractivity contribution in [2.24, 2.45) is 23.7 Å². The van der Waals surface area contributed by atoms with E-state index in [2.05, 4.69) is 55.4 Å². The molecule has 0 aromatic carbocycles. The summed E-state index contributed by atoms with van der Waals surface area (Å²) in [4.78, 5) is 72.7. The number of aliphatic hydroxyl groups excluding tert-OH is 1. The van der Waals surface area contributed by atoms with E-state index in [1.807, 2.05) is 0 Å². The van der Waals surface area contributed by atoms with E-state index in [9.17, 15) is 43.2 Å². The summed E-state index contributed by atoms with van der Waals surface area (Å²) in [6.45, 7) is 14.2. The predicted octanol–water partition coefficient (Wildman–Crippen LogP) is 21.7. The van der Waals surface area contributed by atoms with Crippen LogP contribution in [0.25, 0.3) is 0 Å². The molecule has 0 spiro atoms. The highest BCUT2D eigenvalue weighted by Gasteiger charge is 2.30. The number of carbonyl (C=O) groups excluding carboxylic acids is 4. The van der Waals surface area contributed by atoms with E-state index in [1.165, 1.54) is 173 Å². The standard InChI is InChI=1S/C75H146O17P2/c1-9-67(7)53-45-37-28-22-19-20-24-32-42-50-58-75(80)92-71(62-86-73(78)56-48-40-34-33-36-44-52-66(5)6)64-90-94(83,84)88-60-69(76)59-87-93(81,82)89-63-70(61-85-72(77)55-47-39-30-26-25-29-38-46-54-68(8)10-2)91-74(79)57-49-41-31-23-18-16-14-12-11-13-15-17-21-27-35-43-51-65(3)4/h65-71,76H,9-64H2,1-8H3,(H,81,82)(H,83,84)/t67?,68?,69-,70-,71-/m1/s1. The third kappa shape index (κ3) is 66.0. The molecule has 0 heterocycles. The SMILES string of the molecule is CCC(C)CCCCCCCCCCCCC(=O)O[C@H](COC(=O)CCCCCCCCC(C)C)COP(=O)(O)OC[C@H](O)COP(=O)(O)OC[C@@H](COC(=O)CCCCCCCCCCC(C)CC)OC(=O)CCCCCCCCCCCCCCCCCCC(C)C. The molecule has 3 N–H and O–H groups in total. The molecule has 0 amide bonds. The second-order valence-corrected chi connectivity index (χ2v) is 31.4. The number of ether oxygens (including phenoxy) is 4. The molecule has 0 aliphatic carbocycles. The van der Waals surface area contributed by atoms with Crippen molar-refractivity contribution < 1.29 is 80.2 Å². The summed E-state index contributed by atoms with van der Waals surface area (Å²) in [5.41, 5.74) is 0. The number of carbonyl (C=O) groups is 4. The Labute approximate surface area is 575 Å². The first-order valence-corrected chi connectivity index (χ1v) is 41.8. The van der Waals surface area contributed by atoms with Crippen molar-refractivity contribution in [3.8, 4) is 0 Å². The lowest BCUT2D eigenvalue weighted by molar-refractivity contribution is -0.161. The van der Waals surface area contributed by atoms with E-state index in [4.69, 9.17) is 37.0 Å². The molecular formula is C75H146O17P2. The zero-order valence-corrected chi connectivity index (χ0v) is 63.4. The highest BCUT2D eigenvalue weighted by molar-refractivity contribution is 7.47. The Balaban J connectivity index is 5.23. The lowest BCUT2D eigenvalue weighted by Gasteiger charge is -2.21. The molecule has 0 aromatic rings. The van der Waals surface area contributed by atoms with Gasteiger partial charge in [-0.1, -0.05) is 325 Å². The average Bonchev–Trinajstić information content (AvgIpc) is 1.39. The van der Waals surface area contributed by atoms with Crippen molar-refractivity contribution in [3.63, 3.8) is 0 Å². The first-order chi connectivity index (χ1) is 45.2. The fraction of sp³-hybridized carbons (Fsp3) is 0.947. The van der Waals surface area contributed by atoms with E-state index < -0.39 is 97.5 Å². The number of aliphatic hydroxyl groups is 1. The number of hydrogen-bond donors (Lipinski definition) is 3. The first-order valence-electron chi connectivity index (χ1n) is 38.8. The maximum atomic E-state index is 13.1. The van der Waals surface area contributed by atoms with Crippen LogP contribution in [-0.4, -0.2) is 96.7 Å². The molecule has 0 radical (unpaired) electrons. The quantitative estimate of drug-likeness (QED) is 0.0222. The third-order valence-corrected chi connectivity index (χ3v) is 19.9. The van der Waals surface area contributed by atoms with Crippen molar-refractivity contribution in [3.05, 3.63) is 0 Å². The number of esters is 4. The molecule has 94 heavy (non-hydrogen) atoms. The van der Waals surface area contributed by atoms with Gasteiger partial charge in [-0.25, -0.2) is 9.13 Å². The van der Waals surface area contributed by atoms with E-state index >= 15 is 0 Å². The van der Waals surface area contributed by atoms with Crippen LogP contribution in [0, 0.1) is 23.7 Å². The second kappa shape index (κ2) is 64.4. The molecule has 0 rings (SSSR count). The lowest BCUT2D eigenvalue weighted by Crippen LogP contribution is -2.30. The van der Waals surface area contributed by atoms with Crippen molar-refractivity contribution in [2.75, 3.05) is 39.6 Å². The monoisotopic (exact) mass is 1380 g/mol. The first kappa shape index (κ1) is 92.1. The van der Waals surface area contributed by atoms with Crippen LogP contribution in [0.3, 0.4) is 0 Å². The van der Waals surface area contributed by atoms with Gasteiger partial charge in [0.05, 0.1) is 26.4 Å². The Bertz CT molecular complexity index is 1850. The highest BCUT2D eigenvalue weighted by atomic mass is 31.2. The largest absolute Gasteiger partial charge is 0.472 e. The number of rotatable bonds is 72. The minimum atomic E-state index is -4.96. The summed E-state index contributed by atoms with van der Waals surface area (Å²) < 4.78 is 68.5. The molecule has 0 saturated heterocycles. The van der Waals surface area contributed by atoms with Gasteiger partial charge in [0.2, 0.25) is 0 Å². The van der Waals surface area contributed by atoms with Crippen molar-refractivity contribution in [1.82, 2.24) is 0 Å². The van der Waals surface area contributed by atoms with Crippen molar-refractivity contribution in [2.45, 2.75) is 395 Å². The van der Waals surface area contributed by atoms with Crippen molar-refractivity contribution in [1.29, 1.82) is 0 Å². The smallest absolute Gasteiger partial charge is 0.462 e. The molecule has 19 heteroatoms. The fourth-order valence-corrected chi connectivity index (χ4v) is 12.9. The summed E-state index contributed by atoms with van der Waals surface area (Å²) in [5.74, 6) is 0.944. The minimum absolute atomic E-state index is 0.105. The maximum Gasteiger partial charge on any atom is 0.472 e. The van der Waals surface area contributed by atoms with Crippen LogP contribution >= 0.6 is 15.6 Å². The van der Waals surface area contributed by atoms with Gasteiger partial charge in [-0.3, -0.25) is 37.3 Å². The lowest BCUT2D eigenvalue weighted by atomic mass is 9.99. The Hall–Kier alpha value is -1.94. The van der Waals surface area contributed by atoms with Crippen LogP contribution in [0.5, 0.6) is 0 Å². The van der Waals surface area contributed by atoms with Crippen LogP contribution in [0.4, 0.5) is 0 Å². The summed E-state index contributed by atoms with van der Waals surface area (Å²) in [6.07, 6.45) is 48.6. The van der Waals surface area contributed by atoms with Gasteiger partial charge >= 0.3 is 39.5 Å². The number of unbranched alkanes of at least 4 members (excludes halogenated alkanes) is 36. The molecule has 0 aliphatic heterocycles. The van der Waals surface area contributed by atoms with Crippen LogP contribution in [-0.2, 0) is 65.4 Å². The summed E-state index contributed by atoms with van der Waals surface area (Å²) >= 11 is 0. The van der Waals surface area contributed by atoms with Crippen molar-refractivity contribution >= 4 is 39.5 Å². The molecule has 7 atom stereocenters. The Kier molecular flexibility index (Phi) is 63.1. The Morgan fingerprint density at radius 2 is 0.511 bits per heavy atom. The van der Waals surface area contributed by atoms with E-state index in [0.717, 1.165) is 114 Å². The normalized spacial score (nSPS) is 14.7. The van der Waals surface area contributed by atoms with E-state index in [-0.39, 0.29) is 25.7 Å². The summed E-state index contributed by atoms with van der Waals surface area (Å²) in [5, 5.41) is 10.6. The third-order valence-electron chi connectivity index (χ3n) is 18.0. The molecule has 4 unspecified atom stereocenters. The summed E-state index contributed by atoms with van der Waals surface area (Å²) in [7, 11) is -9.91. The number of phosphoric ester groups is 2. The number of hydrogen-bond acceptors (Lipinski definition) is 15. The van der Waals surface area contributed by atoms with Crippen LogP contribution in [0.2, 0.25) is 0 Å². The van der Waals surface area contributed by atoms with Gasteiger partial charge in [0.25, 0.3) is 0 Å². The van der Waals surface area contributed by atoms with Gasteiger partial charge in [0.1, 0.15) is 19.3 Å². The molecule has 0 bridgehead atoms. The zero-order valence-electron chi connectivity index (χ0n) is 61.6. The molecule has 17 nitrogen and oxygen atoms in total. The predicted molar refractivity (Wildman–Crippen MR) is 381 cm³/mol. The Morgan fingerprint density at radius 1 is 0.298 bits per heavy atom. The minimum Gasteiger partial charge on any atom is -0.462 e. The van der Waals surface area contributed by atoms with Gasteiger partial charge < -0.3 is 33.8 Å². The zero-order chi connectivity index (χ0) is 69.6. The highest BCUT2D eigenvalue weighted by Crippen LogP contribution is 2.45. The van der Waals surface area contributed by atoms with Crippen LogP contribution in [0.15, 0.2) is 0 Å². The molecule has 0 aliphatic rings. The average molecular weight is 1380 g/mol. The second-order valence-electron chi connectivity index (χ2n) is 28.5. The van der Waals surface area contributed by atoms with Gasteiger partial charge in [-0.2, -0.15) is 0 Å². The van der Waals surface area contributed by atoms with Gasteiger partial charge in [0.15, 0.2) is 12.2 Å². The van der Waals surface area contributed by atoms with Gasteiger partial charge in [-0.15, -0.1) is 0 Å². The number of phosphoric acid groups is 2. The topological polar surface area (TPSA) is 237 Å². The molecule has 0 fully saturated rings.